The molecule has 1 N–H and O–H groups in total. The van der Waals surface area contributed by atoms with Crippen LogP contribution in [0.15, 0.2) is 33.5 Å². The van der Waals surface area contributed by atoms with Crippen LogP contribution in [0.25, 0.3) is 11.1 Å². The van der Waals surface area contributed by atoms with Crippen molar-refractivity contribution in [3.05, 3.63) is 34.8 Å². The summed E-state index contributed by atoms with van der Waals surface area (Å²) in [6.45, 7) is 0.628. The molecule has 0 radical (unpaired) electrons. The van der Waals surface area contributed by atoms with Crippen molar-refractivity contribution < 1.29 is 14.3 Å². The third-order valence-electron chi connectivity index (χ3n) is 4.18. The van der Waals surface area contributed by atoms with E-state index in [0.29, 0.717) is 23.6 Å². The third kappa shape index (κ3) is 3.06. The summed E-state index contributed by atoms with van der Waals surface area (Å²) in [5.41, 5.74) is 1.22. The molecule has 0 spiro atoms. The molecule has 6 heteroatoms. The summed E-state index contributed by atoms with van der Waals surface area (Å²) in [4.78, 5) is 25.5. The highest BCUT2D eigenvalue weighted by Gasteiger charge is 2.31. The first-order chi connectivity index (χ1) is 10.6. The molecular formula is C16H20N2O4. The monoisotopic (exact) mass is 304 g/mol. The minimum Gasteiger partial charge on any atom is -0.408 e. The number of oxazole rings is 1. The Hall–Kier alpha value is -2.08. The van der Waals surface area contributed by atoms with E-state index in [1.807, 2.05) is 6.07 Å². The largest absolute Gasteiger partial charge is 0.419 e. The number of aromatic nitrogens is 1. The van der Waals surface area contributed by atoms with E-state index in [4.69, 9.17) is 4.42 Å². The Morgan fingerprint density at radius 3 is 2.91 bits per heavy atom. The second kappa shape index (κ2) is 5.96. The predicted octanol–water partition coefficient (Wildman–Crippen LogP) is 1.21. The number of carbonyl (C=O) groups excluding carboxylic acids is 1. The number of rotatable bonds is 6. The van der Waals surface area contributed by atoms with Gasteiger partial charge in [-0.25, -0.2) is 4.79 Å². The van der Waals surface area contributed by atoms with Crippen LogP contribution in [0.5, 0.6) is 0 Å². The summed E-state index contributed by atoms with van der Waals surface area (Å²) >= 11 is 0. The molecule has 2 aromatic rings. The topological polar surface area (TPSA) is 75.7 Å². The molecule has 1 amide bonds. The number of carbonyl (C=O) groups is 1. The molecule has 1 unspecified atom stereocenters. The number of aryl methyl sites for hydroxylation is 1. The Kier molecular flexibility index (Phi) is 4.02. The van der Waals surface area contributed by atoms with Gasteiger partial charge >= 0.3 is 5.76 Å². The van der Waals surface area contributed by atoms with Crippen molar-refractivity contribution in [2.75, 3.05) is 13.6 Å². The second-order valence-electron chi connectivity index (χ2n) is 5.92. The van der Waals surface area contributed by atoms with E-state index in [1.165, 1.54) is 9.47 Å². The van der Waals surface area contributed by atoms with Crippen molar-refractivity contribution in [3.63, 3.8) is 0 Å². The first-order valence-corrected chi connectivity index (χ1v) is 7.56. The number of nitrogens with zero attached hydrogens (tertiary/aromatic N) is 2. The van der Waals surface area contributed by atoms with Crippen LogP contribution in [0.2, 0.25) is 0 Å². The van der Waals surface area contributed by atoms with Gasteiger partial charge in [-0.2, -0.15) is 0 Å². The standard InChI is InChI=1S/C16H20N2O4/c1-17(10-13(19)11-6-7-11)15(20)8-9-18-12-4-2-3-5-14(12)22-16(18)21/h2-5,11,13,19H,6-10H2,1H3. The Morgan fingerprint density at radius 2 is 2.18 bits per heavy atom. The second-order valence-corrected chi connectivity index (χ2v) is 5.92. The number of aliphatic hydroxyl groups is 1. The zero-order chi connectivity index (χ0) is 15.7. The molecule has 1 aromatic carbocycles. The van der Waals surface area contributed by atoms with Crippen LogP contribution >= 0.6 is 0 Å². The third-order valence-corrected chi connectivity index (χ3v) is 4.18. The van der Waals surface area contributed by atoms with Crippen LogP contribution in [0.1, 0.15) is 19.3 Å². The van der Waals surface area contributed by atoms with E-state index in [2.05, 4.69) is 0 Å². The summed E-state index contributed by atoms with van der Waals surface area (Å²) in [6.07, 6.45) is 1.85. The van der Waals surface area contributed by atoms with Crippen molar-refractivity contribution in [2.45, 2.75) is 31.9 Å². The maximum atomic E-state index is 12.1. The fourth-order valence-corrected chi connectivity index (χ4v) is 2.64. The van der Waals surface area contributed by atoms with Crippen LogP contribution in [0, 0.1) is 5.92 Å². The zero-order valence-corrected chi connectivity index (χ0v) is 12.6. The van der Waals surface area contributed by atoms with Gasteiger partial charge in [-0.1, -0.05) is 12.1 Å². The highest BCUT2D eigenvalue weighted by molar-refractivity contribution is 5.76. The highest BCUT2D eigenvalue weighted by Crippen LogP contribution is 2.32. The molecule has 1 heterocycles. The van der Waals surface area contributed by atoms with Gasteiger partial charge in [-0.3, -0.25) is 9.36 Å². The molecule has 0 bridgehead atoms. The van der Waals surface area contributed by atoms with E-state index in [-0.39, 0.29) is 18.9 Å². The Morgan fingerprint density at radius 1 is 1.45 bits per heavy atom. The van der Waals surface area contributed by atoms with Crippen molar-refractivity contribution in [2.24, 2.45) is 5.92 Å². The predicted molar refractivity (Wildman–Crippen MR) is 81.5 cm³/mol. The number of benzene rings is 1. The van der Waals surface area contributed by atoms with Gasteiger partial charge in [0.1, 0.15) is 0 Å². The van der Waals surface area contributed by atoms with Gasteiger partial charge in [0.05, 0.1) is 11.6 Å². The van der Waals surface area contributed by atoms with Crippen LogP contribution in [0.3, 0.4) is 0 Å². The molecule has 1 aliphatic carbocycles. The Labute approximate surface area is 127 Å². The van der Waals surface area contributed by atoms with Crippen molar-refractivity contribution in [1.82, 2.24) is 9.47 Å². The van der Waals surface area contributed by atoms with Crippen molar-refractivity contribution in [1.29, 1.82) is 0 Å². The van der Waals surface area contributed by atoms with E-state index >= 15 is 0 Å². The number of likely N-dealkylation sites (N-methyl/N-ethyl adjacent to an activating group) is 1. The lowest BCUT2D eigenvalue weighted by atomic mass is 10.2. The molecule has 1 saturated carbocycles. The van der Waals surface area contributed by atoms with Gasteiger partial charge in [0.25, 0.3) is 0 Å². The lowest BCUT2D eigenvalue weighted by molar-refractivity contribution is -0.131. The molecule has 6 nitrogen and oxygen atoms in total. The summed E-state index contributed by atoms with van der Waals surface area (Å²) in [6, 6.07) is 7.15. The molecule has 1 atom stereocenters. The number of hydrogen-bond acceptors (Lipinski definition) is 4. The molecule has 1 fully saturated rings. The molecule has 118 valence electrons. The highest BCUT2D eigenvalue weighted by atomic mass is 16.4. The van der Waals surface area contributed by atoms with Crippen LogP contribution in [-0.2, 0) is 11.3 Å². The lowest BCUT2D eigenvalue weighted by Crippen LogP contribution is -2.36. The van der Waals surface area contributed by atoms with Crippen molar-refractivity contribution >= 4 is 17.0 Å². The first-order valence-electron chi connectivity index (χ1n) is 7.56. The lowest BCUT2D eigenvalue weighted by Gasteiger charge is -2.20. The van der Waals surface area contributed by atoms with Crippen LogP contribution in [0.4, 0.5) is 0 Å². The van der Waals surface area contributed by atoms with Gasteiger partial charge in [-0.15, -0.1) is 0 Å². The fourth-order valence-electron chi connectivity index (χ4n) is 2.64. The van der Waals surface area contributed by atoms with E-state index in [1.54, 1.807) is 25.2 Å². The average molecular weight is 304 g/mol. The molecule has 0 aliphatic heterocycles. The summed E-state index contributed by atoms with van der Waals surface area (Å²) in [5, 5.41) is 9.88. The van der Waals surface area contributed by atoms with Gasteiger partial charge in [0, 0.05) is 26.6 Å². The van der Waals surface area contributed by atoms with E-state index < -0.39 is 11.9 Å². The summed E-state index contributed by atoms with van der Waals surface area (Å²) in [5.74, 6) is -0.192. The number of fused-ring (bicyclic) bond motifs is 1. The Bertz CT molecular complexity index is 729. The summed E-state index contributed by atoms with van der Waals surface area (Å²) in [7, 11) is 1.68. The number of amides is 1. The maximum absolute atomic E-state index is 12.1. The Balaban J connectivity index is 1.62. The first kappa shape index (κ1) is 14.8. The van der Waals surface area contributed by atoms with Crippen LogP contribution in [-0.4, -0.2) is 40.2 Å². The van der Waals surface area contributed by atoms with Gasteiger partial charge in [0.15, 0.2) is 5.58 Å². The SMILES string of the molecule is CN(CC(O)C1CC1)C(=O)CCn1c(=O)oc2ccccc21. The van der Waals surface area contributed by atoms with Gasteiger partial charge in [-0.05, 0) is 30.9 Å². The van der Waals surface area contributed by atoms with Gasteiger partial charge in [0.2, 0.25) is 5.91 Å². The quantitative estimate of drug-likeness (QED) is 0.870. The van der Waals surface area contributed by atoms with E-state index in [9.17, 15) is 14.7 Å². The molecule has 1 aliphatic rings. The fraction of sp³-hybridized carbons (Fsp3) is 0.500. The normalized spacial score (nSPS) is 15.9. The smallest absolute Gasteiger partial charge is 0.408 e. The number of aliphatic hydroxyl groups excluding tert-OH is 1. The van der Waals surface area contributed by atoms with Gasteiger partial charge < -0.3 is 14.4 Å². The molecule has 1 aromatic heterocycles. The summed E-state index contributed by atoms with van der Waals surface area (Å²) < 4.78 is 6.61. The molecular weight excluding hydrogens is 284 g/mol. The molecule has 3 rings (SSSR count). The minimum atomic E-state index is -0.449. The maximum Gasteiger partial charge on any atom is 0.419 e. The van der Waals surface area contributed by atoms with Crippen LogP contribution < -0.4 is 5.76 Å². The molecule has 0 saturated heterocycles. The number of hydrogen-bond donors (Lipinski definition) is 1. The zero-order valence-electron chi connectivity index (χ0n) is 12.6. The molecule has 22 heavy (non-hydrogen) atoms. The van der Waals surface area contributed by atoms with E-state index in [0.717, 1.165) is 12.8 Å². The average Bonchev–Trinajstić information content (AvgIpc) is 3.29. The van der Waals surface area contributed by atoms with Crippen molar-refractivity contribution in [3.8, 4) is 0 Å². The number of para-hydroxylation sites is 2. The minimum absolute atomic E-state index is 0.0862.